The van der Waals surface area contributed by atoms with Crippen molar-refractivity contribution in [2.24, 2.45) is 0 Å². The molecule has 1 saturated carbocycles. The van der Waals surface area contributed by atoms with Gasteiger partial charge in [0.05, 0.1) is 24.2 Å². The fourth-order valence-electron chi connectivity index (χ4n) is 6.19. The van der Waals surface area contributed by atoms with Crippen LogP contribution in [0, 0.1) is 6.57 Å². The van der Waals surface area contributed by atoms with E-state index in [-0.39, 0.29) is 5.54 Å². The zero-order chi connectivity index (χ0) is 24.4. The third kappa shape index (κ3) is 4.55. The summed E-state index contributed by atoms with van der Waals surface area (Å²) in [5, 5.41) is 3.96. The Morgan fingerprint density at radius 2 is 1.72 bits per heavy atom. The SMILES string of the molecule is [C-]#[N+]c1cccc(-c2ccc(C3(NCc4nc5ccccc5[nH]4)CCN(C4CCCC4)CC3)cc2)c1. The molecule has 5 heteroatoms. The van der Waals surface area contributed by atoms with E-state index in [0.717, 1.165) is 60.0 Å². The van der Waals surface area contributed by atoms with Gasteiger partial charge < -0.3 is 15.2 Å². The van der Waals surface area contributed by atoms with Crippen LogP contribution in [0.4, 0.5) is 5.69 Å². The number of hydrogen-bond acceptors (Lipinski definition) is 3. The number of rotatable bonds is 6. The van der Waals surface area contributed by atoms with E-state index < -0.39 is 0 Å². The second-order valence-corrected chi connectivity index (χ2v) is 10.4. The van der Waals surface area contributed by atoms with Gasteiger partial charge in [-0.25, -0.2) is 9.83 Å². The Hall–Kier alpha value is -3.46. The summed E-state index contributed by atoms with van der Waals surface area (Å²) in [7, 11) is 0. The lowest BCUT2D eigenvalue weighted by Crippen LogP contribution is -2.52. The zero-order valence-electron chi connectivity index (χ0n) is 20.7. The van der Waals surface area contributed by atoms with Crippen LogP contribution in [-0.2, 0) is 12.1 Å². The second kappa shape index (κ2) is 9.89. The molecule has 0 radical (unpaired) electrons. The Kier molecular flexibility index (Phi) is 6.31. The number of likely N-dealkylation sites (tertiary alicyclic amines) is 1. The minimum Gasteiger partial charge on any atom is -0.341 e. The van der Waals surface area contributed by atoms with Crippen LogP contribution in [0.1, 0.15) is 49.9 Å². The number of piperidine rings is 1. The Morgan fingerprint density at radius 1 is 0.944 bits per heavy atom. The quantitative estimate of drug-likeness (QED) is 0.301. The first-order valence-electron chi connectivity index (χ1n) is 13.2. The molecule has 2 aliphatic rings. The summed E-state index contributed by atoms with van der Waals surface area (Å²) in [6.45, 7) is 10.3. The largest absolute Gasteiger partial charge is 0.341 e. The van der Waals surface area contributed by atoms with Gasteiger partial charge in [-0.05, 0) is 60.6 Å². The van der Waals surface area contributed by atoms with Crippen LogP contribution in [0.25, 0.3) is 27.0 Å². The molecule has 3 aromatic carbocycles. The lowest BCUT2D eigenvalue weighted by molar-refractivity contribution is 0.0968. The first kappa shape index (κ1) is 23.0. The average Bonchev–Trinajstić information content (AvgIpc) is 3.63. The van der Waals surface area contributed by atoms with Gasteiger partial charge in [0.1, 0.15) is 5.82 Å². The van der Waals surface area contributed by atoms with E-state index in [1.807, 2.05) is 30.3 Å². The van der Waals surface area contributed by atoms with Crippen molar-refractivity contribution in [3.63, 3.8) is 0 Å². The average molecular weight is 476 g/mol. The summed E-state index contributed by atoms with van der Waals surface area (Å²) < 4.78 is 0. The van der Waals surface area contributed by atoms with E-state index in [1.54, 1.807) is 0 Å². The summed E-state index contributed by atoms with van der Waals surface area (Å²) in [5.74, 6) is 0.987. The van der Waals surface area contributed by atoms with E-state index in [1.165, 1.54) is 31.2 Å². The maximum absolute atomic E-state index is 7.33. The lowest BCUT2D eigenvalue weighted by atomic mass is 9.79. The van der Waals surface area contributed by atoms with Crippen molar-refractivity contribution in [3.8, 4) is 11.1 Å². The molecular formula is C31H33N5. The number of benzene rings is 3. The van der Waals surface area contributed by atoms with Crippen LogP contribution < -0.4 is 5.32 Å². The van der Waals surface area contributed by atoms with Gasteiger partial charge in [0.2, 0.25) is 0 Å². The molecule has 2 heterocycles. The summed E-state index contributed by atoms with van der Waals surface area (Å²) in [4.78, 5) is 14.6. The number of aromatic amines is 1. The first-order chi connectivity index (χ1) is 17.7. The van der Waals surface area contributed by atoms with Crippen molar-refractivity contribution in [1.82, 2.24) is 20.2 Å². The molecule has 0 atom stereocenters. The predicted octanol–water partition coefficient (Wildman–Crippen LogP) is 6.80. The van der Waals surface area contributed by atoms with Crippen LogP contribution in [-0.4, -0.2) is 34.0 Å². The van der Waals surface area contributed by atoms with E-state index in [9.17, 15) is 0 Å². The molecule has 0 amide bonds. The Labute approximate surface area is 213 Å². The first-order valence-corrected chi connectivity index (χ1v) is 13.2. The van der Waals surface area contributed by atoms with Crippen LogP contribution >= 0.6 is 0 Å². The van der Waals surface area contributed by atoms with Crippen molar-refractivity contribution in [2.75, 3.05) is 13.1 Å². The molecule has 5 nitrogen and oxygen atoms in total. The number of aromatic nitrogens is 2. The Morgan fingerprint density at radius 3 is 2.47 bits per heavy atom. The predicted molar refractivity (Wildman–Crippen MR) is 146 cm³/mol. The maximum Gasteiger partial charge on any atom is 0.187 e. The Balaban J connectivity index is 1.26. The normalized spacial score (nSPS) is 18.4. The van der Waals surface area contributed by atoms with Gasteiger partial charge >= 0.3 is 0 Å². The number of imidazole rings is 1. The summed E-state index contributed by atoms with van der Waals surface area (Å²) in [6, 6.07) is 25.9. The Bertz CT molecular complexity index is 1330. The minimum atomic E-state index is -0.0784. The highest BCUT2D eigenvalue weighted by atomic mass is 15.2. The summed E-state index contributed by atoms with van der Waals surface area (Å²) >= 11 is 0. The topological polar surface area (TPSA) is 48.3 Å². The van der Waals surface area contributed by atoms with Gasteiger partial charge in [0, 0.05) is 24.7 Å². The van der Waals surface area contributed by atoms with Crippen LogP contribution in [0.15, 0.2) is 72.8 Å². The standard InChI is InChI=1S/C31H33N5/c1-32-26-8-6-7-24(21-26)23-13-15-25(16-14-23)31(17-19-36(20-18-31)27-9-2-3-10-27)33-22-30-34-28-11-4-5-12-29(28)35-30/h4-8,11-16,21,27,33H,2-3,9-10,17-20,22H2,(H,34,35). The lowest BCUT2D eigenvalue weighted by Gasteiger charge is -2.45. The molecule has 36 heavy (non-hydrogen) atoms. The van der Waals surface area contributed by atoms with Gasteiger partial charge in [-0.3, -0.25) is 0 Å². The second-order valence-electron chi connectivity index (χ2n) is 10.4. The molecule has 1 saturated heterocycles. The van der Waals surface area contributed by atoms with Crippen molar-refractivity contribution in [3.05, 3.63) is 95.6 Å². The molecule has 2 N–H and O–H groups in total. The molecule has 1 aliphatic heterocycles. The number of fused-ring (bicyclic) bond motifs is 1. The molecule has 0 bridgehead atoms. The van der Waals surface area contributed by atoms with Crippen LogP contribution in [0.5, 0.6) is 0 Å². The maximum atomic E-state index is 7.33. The van der Waals surface area contributed by atoms with Gasteiger partial charge in [0.15, 0.2) is 5.69 Å². The van der Waals surface area contributed by atoms with E-state index in [4.69, 9.17) is 11.6 Å². The van der Waals surface area contributed by atoms with E-state index in [0.29, 0.717) is 12.2 Å². The molecule has 0 spiro atoms. The van der Waals surface area contributed by atoms with Gasteiger partial charge in [0.25, 0.3) is 0 Å². The monoisotopic (exact) mass is 475 g/mol. The molecule has 1 aliphatic carbocycles. The number of nitrogens with one attached hydrogen (secondary N) is 2. The highest BCUT2D eigenvalue weighted by Crippen LogP contribution is 2.37. The van der Waals surface area contributed by atoms with E-state index >= 15 is 0 Å². The van der Waals surface area contributed by atoms with E-state index in [2.05, 4.69) is 62.5 Å². The highest BCUT2D eigenvalue weighted by Gasteiger charge is 2.38. The van der Waals surface area contributed by atoms with Crippen molar-refractivity contribution in [2.45, 2.75) is 56.7 Å². The van der Waals surface area contributed by atoms with Gasteiger partial charge in [-0.1, -0.05) is 67.4 Å². The van der Waals surface area contributed by atoms with Gasteiger partial charge in [-0.15, -0.1) is 0 Å². The number of para-hydroxylation sites is 2. The third-order valence-electron chi connectivity index (χ3n) is 8.27. The molecule has 6 rings (SSSR count). The van der Waals surface area contributed by atoms with Crippen molar-refractivity contribution >= 4 is 16.7 Å². The smallest absolute Gasteiger partial charge is 0.187 e. The zero-order valence-corrected chi connectivity index (χ0v) is 20.7. The van der Waals surface area contributed by atoms with Crippen LogP contribution in [0.2, 0.25) is 0 Å². The third-order valence-corrected chi connectivity index (χ3v) is 8.27. The fraction of sp³-hybridized carbons (Fsp3) is 0.355. The fourth-order valence-corrected chi connectivity index (χ4v) is 6.19. The number of hydrogen-bond donors (Lipinski definition) is 2. The molecule has 4 aromatic rings. The summed E-state index contributed by atoms with van der Waals surface area (Å²) in [6.07, 6.45) is 7.67. The molecule has 1 aromatic heterocycles. The summed E-state index contributed by atoms with van der Waals surface area (Å²) in [5.41, 5.74) is 6.30. The van der Waals surface area contributed by atoms with Crippen LogP contribution in [0.3, 0.4) is 0 Å². The molecule has 0 unspecified atom stereocenters. The highest BCUT2D eigenvalue weighted by molar-refractivity contribution is 5.74. The van der Waals surface area contributed by atoms with Crippen molar-refractivity contribution < 1.29 is 0 Å². The number of nitrogens with zero attached hydrogens (tertiary/aromatic N) is 3. The van der Waals surface area contributed by atoms with Crippen molar-refractivity contribution in [1.29, 1.82) is 0 Å². The molecular weight excluding hydrogens is 442 g/mol. The van der Waals surface area contributed by atoms with Gasteiger partial charge in [-0.2, -0.15) is 0 Å². The number of H-pyrrole nitrogens is 1. The molecule has 182 valence electrons. The minimum absolute atomic E-state index is 0.0784. The molecule has 2 fully saturated rings.